The van der Waals surface area contributed by atoms with E-state index in [-0.39, 0.29) is 0 Å². The van der Waals surface area contributed by atoms with Crippen LogP contribution in [-0.4, -0.2) is 52.0 Å². The van der Waals surface area contributed by atoms with Gasteiger partial charge in [-0.2, -0.15) is 0 Å². The number of anilines is 2. The first-order valence-electron chi connectivity index (χ1n) is 11.9. The van der Waals surface area contributed by atoms with Crippen molar-refractivity contribution >= 4 is 11.4 Å². The molecule has 0 amide bonds. The maximum Gasteiger partial charge on any atom is 0.0642 e. The van der Waals surface area contributed by atoms with Crippen LogP contribution < -0.4 is 15.1 Å². The predicted octanol–water partition coefficient (Wildman–Crippen LogP) is 4.64. The molecule has 4 rings (SSSR count). The Labute approximate surface area is 178 Å². The fraction of sp³-hybridized carbons (Fsp3) is 0.760. The average molecular weight is 400 g/mol. The molecule has 162 valence electrons. The van der Waals surface area contributed by atoms with Crippen molar-refractivity contribution in [2.45, 2.75) is 65.3 Å². The minimum absolute atomic E-state index is 0.441. The second-order valence-electron chi connectivity index (χ2n) is 10.5. The third-order valence-corrected chi connectivity index (χ3v) is 7.59. The molecule has 4 nitrogen and oxygen atoms in total. The van der Waals surface area contributed by atoms with Gasteiger partial charge in [0.05, 0.1) is 13.2 Å². The Morgan fingerprint density at radius 2 is 1.72 bits per heavy atom. The number of hydrogen-bond donors (Lipinski definition) is 1. The van der Waals surface area contributed by atoms with Crippen molar-refractivity contribution in [3.8, 4) is 0 Å². The zero-order chi connectivity index (χ0) is 20.4. The highest BCUT2D eigenvalue weighted by Gasteiger charge is 2.32. The lowest BCUT2D eigenvalue weighted by atomic mass is 9.68. The molecule has 2 heterocycles. The first kappa shape index (κ1) is 21.0. The van der Waals surface area contributed by atoms with Crippen LogP contribution in [0.2, 0.25) is 0 Å². The van der Waals surface area contributed by atoms with E-state index in [2.05, 4.69) is 61.0 Å². The Hall–Kier alpha value is -1.26. The van der Waals surface area contributed by atoms with E-state index in [0.717, 1.165) is 51.9 Å². The molecule has 0 bridgehead atoms. The largest absolute Gasteiger partial charge is 0.378 e. The molecule has 2 aliphatic heterocycles. The summed E-state index contributed by atoms with van der Waals surface area (Å²) in [5.41, 5.74) is 4.94. The van der Waals surface area contributed by atoms with E-state index in [1.807, 2.05) is 0 Å². The van der Waals surface area contributed by atoms with Crippen LogP contribution in [0.25, 0.3) is 0 Å². The summed E-state index contributed by atoms with van der Waals surface area (Å²) in [5, 5.41) is 3.55. The minimum Gasteiger partial charge on any atom is -0.378 e. The van der Waals surface area contributed by atoms with Crippen LogP contribution in [0.3, 0.4) is 0 Å². The summed E-state index contributed by atoms with van der Waals surface area (Å²) in [4.78, 5) is 5.17. The average Bonchev–Trinajstić information content (AvgIpc) is 2.74. The third-order valence-electron chi connectivity index (χ3n) is 7.59. The van der Waals surface area contributed by atoms with Gasteiger partial charge in [0.2, 0.25) is 0 Å². The molecular weight excluding hydrogens is 358 g/mol. The fourth-order valence-electron chi connectivity index (χ4n) is 5.62. The Morgan fingerprint density at radius 3 is 2.38 bits per heavy atom. The van der Waals surface area contributed by atoms with Crippen LogP contribution in [-0.2, 0) is 4.74 Å². The van der Waals surface area contributed by atoms with Gasteiger partial charge in [0.1, 0.15) is 0 Å². The van der Waals surface area contributed by atoms with Crippen molar-refractivity contribution in [3.05, 3.63) is 23.8 Å². The summed E-state index contributed by atoms with van der Waals surface area (Å²) in [5.74, 6) is 1.56. The van der Waals surface area contributed by atoms with Crippen molar-refractivity contribution in [1.82, 2.24) is 5.32 Å². The fourth-order valence-corrected chi connectivity index (χ4v) is 5.62. The van der Waals surface area contributed by atoms with Crippen LogP contribution in [0.15, 0.2) is 18.2 Å². The van der Waals surface area contributed by atoms with E-state index in [1.54, 1.807) is 5.56 Å². The molecule has 0 radical (unpaired) electrons. The Morgan fingerprint density at radius 1 is 1.00 bits per heavy atom. The van der Waals surface area contributed by atoms with Gasteiger partial charge in [-0.05, 0) is 73.6 Å². The van der Waals surface area contributed by atoms with Gasteiger partial charge < -0.3 is 19.9 Å². The number of nitrogens with one attached hydrogen (secondary N) is 1. The molecule has 1 atom stereocenters. The van der Waals surface area contributed by atoms with Crippen molar-refractivity contribution in [2.75, 3.05) is 55.7 Å². The molecule has 1 aromatic carbocycles. The van der Waals surface area contributed by atoms with Crippen LogP contribution in [0.5, 0.6) is 0 Å². The van der Waals surface area contributed by atoms with Crippen LogP contribution in [0, 0.1) is 11.3 Å². The van der Waals surface area contributed by atoms with E-state index in [4.69, 9.17) is 4.74 Å². The molecule has 1 unspecified atom stereocenters. The quantitative estimate of drug-likeness (QED) is 0.801. The SMILES string of the molecule is CC1CNCCN1c1ccc(N2CCOCC2)cc1C1CCC(C(C)(C)C)CC1. The van der Waals surface area contributed by atoms with Gasteiger partial charge in [-0.15, -0.1) is 0 Å². The van der Waals surface area contributed by atoms with Gasteiger partial charge in [-0.3, -0.25) is 0 Å². The predicted molar refractivity (Wildman–Crippen MR) is 123 cm³/mol. The zero-order valence-corrected chi connectivity index (χ0v) is 19.0. The lowest BCUT2D eigenvalue weighted by Crippen LogP contribution is -2.50. The number of ether oxygens (including phenoxy) is 1. The number of hydrogen-bond acceptors (Lipinski definition) is 4. The number of morpholine rings is 1. The van der Waals surface area contributed by atoms with E-state index in [9.17, 15) is 0 Å². The van der Waals surface area contributed by atoms with Gasteiger partial charge in [-0.25, -0.2) is 0 Å². The maximum absolute atomic E-state index is 5.59. The smallest absolute Gasteiger partial charge is 0.0642 e. The summed E-state index contributed by atoms with van der Waals surface area (Å²) in [6.07, 6.45) is 5.41. The summed E-state index contributed by atoms with van der Waals surface area (Å²) >= 11 is 0. The number of nitrogens with zero attached hydrogens (tertiary/aromatic N) is 2. The standard InChI is InChI=1S/C25H41N3O/c1-19-18-26-11-12-28(19)24-10-9-22(27-13-15-29-16-14-27)17-23(24)20-5-7-21(8-6-20)25(2,3)4/h9-10,17,19-21,26H,5-8,11-16,18H2,1-4H3. The van der Waals surface area contributed by atoms with E-state index in [1.165, 1.54) is 37.1 Å². The van der Waals surface area contributed by atoms with Crippen molar-refractivity contribution in [1.29, 1.82) is 0 Å². The highest BCUT2D eigenvalue weighted by molar-refractivity contribution is 5.64. The number of rotatable bonds is 3. The molecule has 29 heavy (non-hydrogen) atoms. The third kappa shape index (κ3) is 4.74. The normalized spacial score (nSPS) is 29.2. The molecule has 1 aromatic rings. The van der Waals surface area contributed by atoms with E-state index < -0.39 is 0 Å². The van der Waals surface area contributed by atoms with E-state index in [0.29, 0.717) is 17.4 Å². The molecule has 3 aliphatic rings. The lowest BCUT2D eigenvalue weighted by molar-refractivity contribution is 0.122. The van der Waals surface area contributed by atoms with Crippen LogP contribution >= 0.6 is 0 Å². The molecule has 2 saturated heterocycles. The molecule has 0 aromatic heterocycles. The molecule has 3 fully saturated rings. The second kappa shape index (κ2) is 8.85. The summed E-state index contributed by atoms with van der Waals surface area (Å²) < 4.78 is 5.59. The Bertz CT molecular complexity index is 669. The van der Waals surface area contributed by atoms with Crippen LogP contribution in [0.4, 0.5) is 11.4 Å². The first-order valence-corrected chi connectivity index (χ1v) is 11.9. The summed E-state index contributed by atoms with van der Waals surface area (Å²) in [6.45, 7) is 16.6. The van der Waals surface area contributed by atoms with Crippen LogP contribution in [0.1, 0.15) is 64.9 Å². The molecule has 1 aliphatic carbocycles. The second-order valence-corrected chi connectivity index (χ2v) is 10.5. The van der Waals surface area contributed by atoms with E-state index >= 15 is 0 Å². The van der Waals surface area contributed by atoms with Gasteiger partial charge in [-0.1, -0.05) is 20.8 Å². The summed E-state index contributed by atoms with van der Waals surface area (Å²) in [7, 11) is 0. The molecule has 0 spiro atoms. The minimum atomic E-state index is 0.441. The molecule has 4 heteroatoms. The molecule has 1 saturated carbocycles. The topological polar surface area (TPSA) is 27.7 Å². The number of piperazine rings is 1. The highest BCUT2D eigenvalue weighted by atomic mass is 16.5. The van der Waals surface area contributed by atoms with Crippen molar-refractivity contribution < 1.29 is 4.74 Å². The lowest BCUT2D eigenvalue weighted by Gasteiger charge is -2.41. The van der Waals surface area contributed by atoms with Gasteiger partial charge in [0.15, 0.2) is 0 Å². The van der Waals surface area contributed by atoms with Gasteiger partial charge in [0, 0.05) is 50.1 Å². The summed E-state index contributed by atoms with van der Waals surface area (Å²) in [6, 6.07) is 7.89. The molecular formula is C25H41N3O. The van der Waals surface area contributed by atoms with Crippen molar-refractivity contribution in [3.63, 3.8) is 0 Å². The first-order chi connectivity index (χ1) is 13.9. The number of benzene rings is 1. The monoisotopic (exact) mass is 399 g/mol. The van der Waals surface area contributed by atoms with Gasteiger partial charge in [0.25, 0.3) is 0 Å². The van der Waals surface area contributed by atoms with Gasteiger partial charge >= 0.3 is 0 Å². The Balaban J connectivity index is 1.61. The van der Waals surface area contributed by atoms with Crippen molar-refractivity contribution in [2.24, 2.45) is 11.3 Å². The maximum atomic E-state index is 5.59. The Kier molecular flexibility index (Phi) is 6.41. The zero-order valence-electron chi connectivity index (χ0n) is 19.0. The highest BCUT2D eigenvalue weighted by Crippen LogP contribution is 2.46. The molecule has 1 N–H and O–H groups in total.